The van der Waals surface area contributed by atoms with Crippen molar-refractivity contribution in [2.24, 2.45) is 5.92 Å². The van der Waals surface area contributed by atoms with Gasteiger partial charge in [-0.3, -0.25) is 4.79 Å². The van der Waals surface area contributed by atoms with E-state index in [-0.39, 0.29) is 17.1 Å². The number of hydrogen-bond acceptors (Lipinski definition) is 6. The predicted octanol–water partition coefficient (Wildman–Crippen LogP) is 4.12. The molecule has 27 heavy (non-hydrogen) atoms. The van der Waals surface area contributed by atoms with Crippen molar-refractivity contribution in [3.05, 3.63) is 35.7 Å². The third-order valence-electron chi connectivity index (χ3n) is 4.17. The van der Waals surface area contributed by atoms with Crippen LogP contribution in [-0.4, -0.2) is 32.6 Å². The van der Waals surface area contributed by atoms with Gasteiger partial charge in [0.05, 0.1) is 6.61 Å². The van der Waals surface area contributed by atoms with Crippen molar-refractivity contribution in [2.45, 2.75) is 64.6 Å². The molecule has 0 amide bonds. The molecule has 6 nitrogen and oxygen atoms in total. The summed E-state index contributed by atoms with van der Waals surface area (Å²) < 4.78 is 13.0. The van der Waals surface area contributed by atoms with Crippen LogP contribution in [0.3, 0.4) is 0 Å². The molecular weight excluding hydrogens is 362 g/mol. The Hall–Kier alpha value is -2.02. The van der Waals surface area contributed by atoms with Crippen molar-refractivity contribution >= 4 is 17.7 Å². The summed E-state index contributed by atoms with van der Waals surface area (Å²) in [5, 5.41) is 8.95. The highest BCUT2D eigenvalue weighted by Gasteiger charge is 2.27. The van der Waals surface area contributed by atoms with E-state index in [1.165, 1.54) is 17.3 Å². The highest BCUT2D eigenvalue weighted by atomic mass is 32.2. The SMILES string of the molecule is CCOC(=O)[C@@H](Sc1nnc(COc2ccc(CC)cc2)n1CC)C(C)C. The van der Waals surface area contributed by atoms with Crippen LogP contribution in [-0.2, 0) is 29.1 Å². The number of hydrogen-bond donors (Lipinski definition) is 0. The van der Waals surface area contributed by atoms with Crippen LogP contribution in [0.2, 0.25) is 0 Å². The molecule has 1 aromatic carbocycles. The Balaban J connectivity index is 2.09. The lowest BCUT2D eigenvalue weighted by atomic mass is 10.1. The summed E-state index contributed by atoms with van der Waals surface area (Å²) in [6.07, 6.45) is 1.00. The summed E-state index contributed by atoms with van der Waals surface area (Å²) in [6.45, 7) is 11.4. The molecule has 1 heterocycles. The van der Waals surface area contributed by atoms with Gasteiger partial charge in [0.15, 0.2) is 11.0 Å². The molecule has 0 bridgehead atoms. The number of thioether (sulfide) groups is 1. The van der Waals surface area contributed by atoms with Crippen molar-refractivity contribution in [1.82, 2.24) is 14.8 Å². The Morgan fingerprint density at radius 3 is 2.41 bits per heavy atom. The van der Waals surface area contributed by atoms with Gasteiger partial charge in [0.1, 0.15) is 17.6 Å². The van der Waals surface area contributed by atoms with Gasteiger partial charge in [-0.1, -0.05) is 44.7 Å². The molecule has 0 unspecified atom stereocenters. The lowest BCUT2D eigenvalue weighted by Gasteiger charge is -2.18. The molecule has 2 aromatic rings. The van der Waals surface area contributed by atoms with Crippen LogP contribution >= 0.6 is 11.8 Å². The quantitative estimate of drug-likeness (QED) is 0.448. The molecule has 0 spiro atoms. The van der Waals surface area contributed by atoms with E-state index in [9.17, 15) is 4.79 Å². The molecule has 0 saturated heterocycles. The summed E-state index contributed by atoms with van der Waals surface area (Å²) in [5.74, 6) is 1.47. The fraction of sp³-hybridized carbons (Fsp3) is 0.550. The van der Waals surface area contributed by atoms with Crippen molar-refractivity contribution in [3.63, 3.8) is 0 Å². The van der Waals surface area contributed by atoms with E-state index in [0.29, 0.717) is 24.9 Å². The zero-order chi connectivity index (χ0) is 19.8. The molecule has 0 radical (unpaired) electrons. The van der Waals surface area contributed by atoms with Gasteiger partial charge in [0.2, 0.25) is 0 Å². The van der Waals surface area contributed by atoms with Gasteiger partial charge in [-0.2, -0.15) is 0 Å². The molecule has 2 rings (SSSR count). The van der Waals surface area contributed by atoms with Crippen molar-refractivity contribution in [2.75, 3.05) is 6.61 Å². The number of aryl methyl sites for hydroxylation is 1. The Kier molecular flexibility index (Phi) is 8.16. The standard InChI is InChI=1S/C20H29N3O3S/c1-6-15-9-11-16(12-10-15)26-13-17-21-22-20(23(17)7-2)27-18(14(4)5)19(24)25-8-3/h9-12,14,18H,6-8,13H2,1-5H3/t18-/m0/s1. The molecule has 148 valence electrons. The third-order valence-corrected chi connectivity index (χ3v) is 5.67. The Morgan fingerprint density at radius 2 is 1.85 bits per heavy atom. The highest BCUT2D eigenvalue weighted by Crippen LogP contribution is 2.28. The number of nitrogens with zero attached hydrogens (tertiary/aromatic N) is 3. The number of aromatic nitrogens is 3. The molecule has 0 aliphatic carbocycles. The van der Waals surface area contributed by atoms with Crippen molar-refractivity contribution in [3.8, 4) is 5.75 Å². The maximum Gasteiger partial charge on any atom is 0.319 e. The first-order valence-electron chi connectivity index (χ1n) is 9.47. The molecule has 0 aliphatic rings. The first-order valence-corrected chi connectivity index (χ1v) is 10.3. The molecule has 7 heteroatoms. The van der Waals surface area contributed by atoms with Gasteiger partial charge in [0.25, 0.3) is 0 Å². The number of benzene rings is 1. The molecule has 0 N–H and O–H groups in total. The Morgan fingerprint density at radius 1 is 1.15 bits per heavy atom. The second-order valence-corrected chi connectivity index (χ2v) is 7.57. The monoisotopic (exact) mass is 391 g/mol. The van der Waals surface area contributed by atoms with E-state index in [2.05, 4.69) is 29.3 Å². The summed E-state index contributed by atoms with van der Waals surface area (Å²) in [5.41, 5.74) is 1.27. The van der Waals surface area contributed by atoms with Gasteiger partial charge < -0.3 is 14.0 Å². The predicted molar refractivity (Wildman–Crippen MR) is 107 cm³/mol. The average Bonchev–Trinajstić information content (AvgIpc) is 3.06. The third kappa shape index (κ3) is 5.73. The highest BCUT2D eigenvalue weighted by molar-refractivity contribution is 8.00. The van der Waals surface area contributed by atoms with Crippen LogP contribution in [0.15, 0.2) is 29.4 Å². The summed E-state index contributed by atoms with van der Waals surface area (Å²) in [6, 6.07) is 8.06. The second kappa shape index (κ2) is 10.3. The van der Waals surface area contributed by atoms with Crippen LogP contribution in [0.1, 0.15) is 46.0 Å². The molecule has 0 fully saturated rings. The topological polar surface area (TPSA) is 66.2 Å². The normalized spacial score (nSPS) is 12.2. The second-order valence-electron chi connectivity index (χ2n) is 6.46. The first kappa shape index (κ1) is 21.3. The average molecular weight is 392 g/mol. The molecule has 1 atom stereocenters. The zero-order valence-electron chi connectivity index (χ0n) is 16.8. The van der Waals surface area contributed by atoms with Crippen LogP contribution in [0.4, 0.5) is 0 Å². The van der Waals surface area contributed by atoms with E-state index in [4.69, 9.17) is 9.47 Å². The van der Waals surface area contributed by atoms with E-state index >= 15 is 0 Å². The fourth-order valence-corrected chi connectivity index (χ4v) is 3.71. The van der Waals surface area contributed by atoms with E-state index in [1.54, 1.807) is 0 Å². The van der Waals surface area contributed by atoms with Gasteiger partial charge in [-0.15, -0.1) is 10.2 Å². The summed E-state index contributed by atoms with van der Waals surface area (Å²) >= 11 is 1.40. The van der Waals surface area contributed by atoms with E-state index in [1.807, 2.05) is 44.4 Å². The van der Waals surface area contributed by atoms with E-state index in [0.717, 1.165) is 18.0 Å². The fourth-order valence-electron chi connectivity index (χ4n) is 2.59. The summed E-state index contributed by atoms with van der Waals surface area (Å²) in [4.78, 5) is 12.2. The maximum absolute atomic E-state index is 12.2. The van der Waals surface area contributed by atoms with Crippen LogP contribution in [0, 0.1) is 5.92 Å². The summed E-state index contributed by atoms with van der Waals surface area (Å²) in [7, 11) is 0. The largest absolute Gasteiger partial charge is 0.486 e. The first-order chi connectivity index (χ1) is 13.0. The minimum Gasteiger partial charge on any atom is -0.486 e. The van der Waals surface area contributed by atoms with Gasteiger partial charge in [0, 0.05) is 6.54 Å². The number of ether oxygens (including phenoxy) is 2. The van der Waals surface area contributed by atoms with Crippen molar-refractivity contribution < 1.29 is 14.3 Å². The lowest BCUT2D eigenvalue weighted by Crippen LogP contribution is -2.26. The van der Waals surface area contributed by atoms with Crippen LogP contribution in [0.25, 0.3) is 0 Å². The Bertz CT molecular complexity index is 729. The van der Waals surface area contributed by atoms with Gasteiger partial charge >= 0.3 is 5.97 Å². The molecule has 0 saturated carbocycles. The minimum absolute atomic E-state index is 0.132. The molecular formula is C20H29N3O3S. The van der Waals surface area contributed by atoms with Crippen molar-refractivity contribution in [1.29, 1.82) is 0 Å². The van der Waals surface area contributed by atoms with Gasteiger partial charge in [-0.25, -0.2) is 0 Å². The van der Waals surface area contributed by atoms with Crippen LogP contribution in [0.5, 0.6) is 5.75 Å². The smallest absolute Gasteiger partial charge is 0.319 e. The zero-order valence-corrected chi connectivity index (χ0v) is 17.6. The lowest BCUT2D eigenvalue weighted by molar-refractivity contribution is -0.143. The molecule has 1 aromatic heterocycles. The van der Waals surface area contributed by atoms with Crippen LogP contribution < -0.4 is 4.74 Å². The minimum atomic E-state index is -0.310. The number of rotatable bonds is 10. The number of carbonyl (C=O) groups is 1. The Labute approximate surface area is 165 Å². The van der Waals surface area contributed by atoms with Gasteiger partial charge in [-0.05, 0) is 43.9 Å². The molecule has 0 aliphatic heterocycles. The maximum atomic E-state index is 12.2. The number of esters is 1. The van der Waals surface area contributed by atoms with E-state index < -0.39 is 0 Å². The number of carbonyl (C=O) groups excluding carboxylic acids is 1.